The molecule has 0 radical (unpaired) electrons. The van der Waals surface area contributed by atoms with E-state index in [0.717, 1.165) is 17.6 Å². The van der Waals surface area contributed by atoms with Crippen LogP contribution < -0.4 is 5.32 Å². The molecule has 0 amide bonds. The van der Waals surface area contributed by atoms with Crippen molar-refractivity contribution in [3.8, 4) is 0 Å². The van der Waals surface area contributed by atoms with Crippen molar-refractivity contribution < 1.29 is 9.21 Å². The molecule has 18 heavy (non-hydrogen) atoms. The van der Waals surface area contributed by atoms with E-state index in [4.69, 9.17) is 16.0 Å². The number of hydrogen-bond acceptors (Lipinski definition) is 4. The minimum absolute atomic E-state index is 0.550. The van der Waals surface area contributed by atoms with E-state index < -0.39 is 0 Å². The second kappa shape index (κ2) is 6.09. The Morgan fingerprint density at radius 3 is 2.89 bits per heavy atom. The van der Waals surface area contributed by atoms with Gasteiger partial charge in [-0.3, -0.25) is 4.79 Å². The number of benzene rings is 1. The molecule has 94 valence electrons. The van der Waals surface area contributed by atoms with Crippen molar-refractivity contribution >= 4 is 30.5 Å². The Labute approximate surface area is 116 Å². The first-order valence-corrected chi connectivity index (χ1v) is 6.23. The zero-order valence-corrected chi connectivity index (χ0v) is 11.2. The van der Waals surface area contributed by atoms with E-state index in [9.17, 15) is 4.79 Å². The van der Waals surface area contributed by atoms with Crippen molar-refractivity contribution in [1.82, 2.24) is 5.32 Å². The smallest absolute Gasteiger partial charge is 0.150 e. The van der Waals surface area contributed by atoms with Gasteiger partial charge in [0.25, 0.3) is 0 Å². The molecule has 1 N–H and O–H groups in total. The molecule has 0 aliphatic heterocycles. The summed E-state index contributed by atoms with van der Waals surface area (Å²) < 4.78 is 5.20. The summed E-state index contributed by atoms with van der Waals surface area (Å²) in [5, 5.41) is 3.76. The van der Waals surface area contributed by atoms with Gasteiger partial charge in [0.05, 0.1) is 17.8 Å². The summed E-state index contributed by atoms with van der Waals surface area (Å²) in [5.74, 6) is 0.851. The normalized spacial score (nSPS) is 10.6. The van der Waals surface area contributed by atoms with Gasteiger partial charge in [-0.1, -0.05) is 11.6 Å². The molecular formula is C13H12ClNO2S. The number of thiol groups is 1. The zero-order chi connectivity index (χ0) is 13.0. The van der Waals surface area contributed by atoms with E-state index in [2.05, 4.69) is 17.9 Å². The first-order chi connectivity index (χ1) is 8.70. The predicted molar refractivity (Wildman–Crippen MR) is 73.3 cm³/mol. The van der Waals surface area contributed by atoms with Crippen LogP contribution in [0.4, 0.5) is 0 Å². The minimum Gasteiger partial charge on any atom is -0.468 e. The van der Waals surface area contributed by atoms with Crippen LogP contribution in [0.1, 0.15) is 21.7 Å². The van der Waals surface area contributed by atoms with Crippen LogP contribution in [0.25, 0.3) is 0 Å². The maximum Gasteiger partial charge on any atom is 0.150 e. The maximum absolute atomic E-state index is 10.8. The molecule has 5 heteroatoms. The minimum atomic E-state index is 0.550. The molecule has 2 aromatic rings. The second-order valence-corrected chi connectivity index (χ2v) is 4.67. The lowest BCUT2D eigenvalue weighted by atomic mass is 10.1. The molecule has 1 aromatic carbocycles. The number of furan rings is 1. The summed E-state index contributed by atoms with van der Waals surface area (Å²) in [6, 6.07) is 7.13. The summed E-state index contributed by atoms with van der Waals surface area (Å²) in [5.41, 5.74) is 1.41. The number of nitrogens with one attached hydrogen (secondary N) is 1. The highest BCUT2D eigenvalue weighted by Gasteiger charge is 2.06. The Morgan fingerprint density at radius 1 is 1.39 bits per heavy atom. The summed E-state index contributed by atoms with van der Waals surface area (Å²) in [7, 11) is 0. The SMILES string of the molecule is O=Cc1cc(S)c(Cl)c(CNCc2ccco2)c1. The molecule has 0 fully saturated rings. The lowest BCUT2D eigenvalue weighted by molar-refractivity contribution is 0.112. The van der Waals surface area contributed by atoms with E-state index in [-0.39, 0.29) is 0 Å². The lowest BCUT2D eigenvalue weighted by Gasteiger charge is -2.08. The van der Waals surface area contributed by atoms with Crippen LogP contribution in [-0.4, -0.2) is 6.29 Å². The largest absolute Gasteiger partial charge is 0.468 e. The number of hydrogen-bond donors (Lipinski definition) is 2. The Balaban J connectivity index is 2.04. The highest BCUT2D eigenvalue weighted by Crippen LogP contribution is 2.25. The third-order valence-electron chi connectivity index (χ3n) is 2.48. The van der Waals surface area contributed by atoms with Gasteiger partial charge in [-0.2, -0.15) is 0 Å². The third kappa shape index (κ3) is 3.16. The van der Waals surface area contributed by atoms with Gasteiger partial charge in [-0.05, 0) is 29.8 Å². The number of halogens is 1. The molecule has 1 aromatic heterocycles. The molecule has 0 spiro atoms. The molecular weight excluding hydrogens is 270 g/mol. The highest BCUT2D eigenvalue weighted by atomic mass is 35.5. The maximum atomic E-state index is 10.8. The zero-order valence-electron chi connectivity index (χ0n) is 9.52. The van der Waals surface area contributed by atoms with Crippen LogP contribution >= 0.6 is 24.2 Å². The van der Waals surface area contributed by atoms with Gasteiger partial charge in [0.2, 0.25) is 0 Å². The number of carbonyl (C=O) groups is 1. The van der Waals surface area contributed by atoms with Crippen molar-refractivity contribution in [3.63, 3.8) is 0 Å². The predicted octanol–water partition coefficient (Wildman–Crippen LogP) is 3.32. The fourth-order valence-corrected chi connectivity index (χ4v) is 2.09. The Morgan fingerprint density at radius 2 is 2.22 bits per heavy atom. The van der Waals surface area contributed by atoms with Crippen molar-refractivity contribution in [2.45, 2.75) is 18.0 Å². The number of rotatable bonds is 5. The van der Waals surface area contributed by atoms with Gasteiger partial charge in [0.1, 0.15) is 12.0 Å². The van der Waals surface area contributed by atoms with Crippen molar-refractivity contribution in [1.29, 1.82) is 0 Å². The topological polar surface area (TPSA) is 42.2 Å². The van der Waals surface area contributed by atoms with Crippen LogP contribution in [-0.2, 0) is 13.1 Å². The summed E-state index contributed by atoms with van der Waals surface area (Å²) in [6.45, 7) is 1.16. The first-order valence-electron chi connectivity index (χ1n) is 5.40. The molecule has 0 aliphatic rings. The Bertz CT molecular complexity index is 540. The van der Waals surface area contributed by atoms with E-state index in [1.54, 1.807) is 18.4 Å². The van der Waals surface area contributed by atoms with Gasteiger partial charge in [0.15, 0.2) is 0 Å². The quantitative estimate of drug-likeness (QED) is 0.653. The first kappa shape index (κ1) is 13.2. The van der Waals surface area contributed by atoms with Crippen molar-refractivity contribution in [3.05, 3.63) is 52.4 Å². The van der Waals surface area contributed by atoms with Crippen molar-refractivity contribution in [2.24, 2.45) is 0 Å². The average Bonchev–Trinajstić information content (AvgIpc) is 2.87. The van der Waals surface area contributed by atoms with Crippen LogP contribution in [0, 0.1) is 0 Å². The number of carbonyl (C=O) groups excluding carboxylic acids is 1. The Hall–Kier alpha value is -1.23. The molecule has 0 aliphatic carbocycles. The molecule has 2 rings (SSSR count). The van der Waals surface area contributed by atoms with Gasteiger partial charge < -0.3 is 9.73 Å². The van der Waals surface area contributed by atoms with Gasteiger partial charge in [-0.25, -0.2) is 0 Å². The van der Waals surface area contributed by atoms with Crippen LogP contribution in [0.3, 0.4) is 0 Å². The van der Waals surface area contributed by atoms with Crippen LogP contribution in [0.5, 0.6) is 0 Å². The monoisotopic (exact) mass is 281 g/mol. The molecule has 0 saturated heterocycles. The van der Waals surface area contributed by atoms with Gasteiger partial charge in [0, 0.05) is 17.0 Å². The van der Waals surface area contributed by atoms with Gasteiger partial charge in [-0.15, -0.1) is 12.6 Å². The molecule has 1 heterocycles. The fraction of sp³-hybridized carbons (Fsp3) is 0.154. The van der Waals surface area contributed by atoms with Crippen molar-refractivity contribution in [2.75, 3.05) is 0 Å². The summed E-state index contributed by atoms with van der Waals surface area (Å²) >= 11 is 10.4. The molecule has 3 nitrogen and oxygen atoms in total. The summed E-state index contributed by atoms with van der Waals surface area (Å²) in [4.78, 5) is 11.4. The molecule has 0 saturated carbocycles. The van der Waals surface area contributed by atoms with Crippen LogP contribution in [0.2, 0.25) is 5.02 Å². The second-order valence-electron chi connectivity index (χ2n) is 3.81. The van der Waals surface area contributed by atoms with E-state index in [0.29, 0.717) is 28.6 Å². The molecule has 0 bridgehead atoms. The number of aldehydes is 1. The van der Waals surface area contributed by atoms with Crippen LogP contribution in [0.15, 0.2) is 39.8 Å². The third-order valence-corrected chi connectivity index (χ3v) is 3.41. The van der Waals surface area contributed by atoms with E-state index in [1.165, 1.54) is 0 Å². The molecule has 0 atom stereocenters. The van der Waals surface area contributed by atoms with E-state index >= 15 is 0 Å². The fourth-order valence-electron chi connectivity index (χ4n) is 1.62. The van der Waals surface area contributed by atoms with Gasteiger partial charge >= 0.3 is 0 Å². The molecule has 0 unspecified atom stereocenters. The lowest BCUT2D eigenvalue weighted by Crippen LogP contribution is -2.12. The standard InChI is InChI=1S/C13H12ClNO2S/c14-13-10(4-9(8-16)5-12(13)18)6-15-7-11-2-1-3-17-11/h1-5,8,15,18H,6-7H2. The summed E-state index contributed by atoms with van der Waals surface area (Å²) in [6.07, 6.45) is 2.41. The Kier molecular flexibility index (Phi) is 4.47. The average molecular weight is 282 g/mol. The van der Waals surface area contributed by atoms with E-state index in [1.807, 2.05) is 12.1 Å². The highest BCUT2D eigenvalue weighted by molar-refractivity contribution is 7.80.